The Morgan fingerprint density at radius 1 is 1.22 bits per heavy atom. The highest BCUT2D eigenvalue weighted by Crippen LogP contribution is 2.35. The molecule has 1 N–H and O–H groups in total. The zero-order valence-electron chi connectivity index (χ0n) is 22.2. The minimum atomic E-state index is -1.22. The molecule has 0 spiro atoms. The first-order chi connectivity index (χ1) is 17.0. The van der Waals surface area contributed by atoms with Crippen LogP contribution < -0.4 is 5.32 Å². The maximum atomic E-state index is 13.6. The van der Waals surface area contributed by atoms with E-state index in [0.717, 1.165) is 40.4 Å². The Hall–Kier alpha value is -2.17. The normalized spacial score (nSPS) is 16.9. The number of nitrogens with one attached hydrogen (secondary N) is 1. The summed E-state index contributed by atoms with van der Waals surface area (Å²) in [4.78, 5) is 32.2. The van der Waals surface area contributed by atoms with Gasteiger partial charge in [-0.05, 0) is 42.5 Å². The molecule has 3 rings (SSSR count). The van der Waals surface area contributed by atoms with Crippen molar-refractivity contribution in [1.82, 2.24) is 19.8 Å². The highest BCUT2D eigenvalue weighted by Gasteiger charge is 2.38. The van der Waals surface area contributed by atoms with E-state index in [1.165, 1.54) is 7.11 Å². The number of alkyl carbamates (subject to hydrolysis) is 1. The first-order valence-electron chi connectivity index (χ1n) is 12.6. The molecule has 1 aliphatic rings. The molecule has 198 valence electrons. The lowest BCUT2D eigenvalue weighted by Gasteiger charge is -2.31. The number of hydrogen-bond donors (Lipinski definition) is 1. The number of amides is 2. The molecule has 1 fully saturated rings. The van der Waals surface area contributed by atoms with Crippen molar-refractivity contribution in [2.24, 2.45) is 5.92 Å². The van der Waals surface area contributed by atoms with E-state index in [1.54, 1.807) is 0 Å². The van der Waals surface area contributed by atoms with Gasteiger partial charge in [-0.2, -0.15) is 0 Å². The number of halogens is 1. The molecule has 0 unspecified atom stereocenters. The van der Waals surface area contributed by atoms with Crippen LogP contribution in [0, 0.1) is 5.92 Å². The van der Waals surface area contributed by atoms with Crippen LogP contribution in [0.25, 0.3) is 11.3 Å². The van der Waals surface area contributed by atoms with Gasteiger partial charge in [-0.15, -0.1) is 0 Å². The summed E-state index contributed by atoms with van der Waals surface area (Å²) in [6.45, 7) is 12.5. The quantitative estimate of drug-likeness (QED) is 0.290. The van der Waals surface area contributed by atoms with Gasteiger partial charge in [0.2, 0.25) is 5.91 Å². The SMILES string of the molecule is COC(=O)N[C@H](C(=O)N1CCC[C@H]1c1ncc(-c2ccc(Br)cc2)n1COCC[Si](C)(C)C)C(C)C. The molecule has 2 aromatic rings. The molecule has 1 aromatic carbocycles. The van der Waals surface area contributed by atoms with E-state index in [0.29, 0.717) is 19.9 Å². The number of aromatic nitrogens is 2. The van der Waals surface area contributed by atoms with Gasteiger partial charge in [0.1, 0.15) is 18.6 Å². The zero-order chi connectivity index (χ0) is 26.5. The number of imidazole rings is 1. The number of ether oxygens (including phenoxy) is 2. The minimum Gasteiger partial charge on any atom is -0.453 e. The van der Waals surface area contributed by atoms with Crippen LogP contribution in [0.15, 0.2) is 34.9 Å². The maximum Gasteiger partial charge on any atom is 0.407 e. The Balaban J connectivity index is 1.91. The van der Waals surface area contributed by atoms with Crippen molar-refractivity contribution >= 4 is 36.0 Å². The third kappa shape index (κ3) is 7.20. The maximum absolute atomic E-state index is 13.6. The summed E-state index contributed by atoms with van der Waals surface area (Å²) in [6.07, 6.45) is 2.94. The smallest absolute Gasteiger partial charge is 0.407 e. The number of carbonyl (C=O) groups is 2. The standard InChI is InChI=1S/C26H39BrN4O4Si/c1-18(2)23(29-26(33)34-3)25(32)30-13-7-8-21(30)24-28-16-22(19-9-11-20(27)12-10-19)31(24)17-35-14-15-36(4,5)6/h9-12,16,18,21,23H,7-8,13-15,17H2,1-6H3,(H,29,33)/t21-,23-/m0/s1. The third-order valence-corrected chi connectivity index (χ3v) is 8.70. The Labute approximate surface area is 223 Å². The van der Waals surface area contributed by atoms with Gasteiger partial charge in [-0.25, -0.2) is 9.78 Å². The zero-order valence-corrected chi connectivity index (χ0v) is 24.8. The van der Waals surface area contributed by atoms with Crippen LogP contribution in [-0.2, 0) is 21.0 Å². The van der Waals surface area contributed by atoms with Crippen LogP contribution in [0.3, 0.4) is 0 Å². The summed E-state index contributed by atoms with van der Waals surface area (Å²) in [5, 5.41) is 2.72. The number of hydrogen-bond acceptors (Lipinski definition) is 5. The molecule has 36 heavy (non-hydrogen) atoms. The van der Waals surface area contributed by atoms with E-state index in [1.807, 2.05) is 37.1 Å². The predicted octanol–water partition coefficient (Wildman–Crippen LogP) is 5.67. The van der Waals surface area contributed by atoms with E-state index in [9.17, 15) is 9.59 Å². The fourth-order valence-electron chi connectivity index (χ4n) is 4.35. The summed E-state index contributed by atoms with van der Waals surface area (Å²) in [7, 11) is 0.0829. The highest BCUT2D eigenvalue weighted by molar-refractivity contribution is 9.10. The molecule has 1 aromatic heterocycles. The predicted molar refractivity (Wildman–Crippen MR) is 147 cm³/mol. The molecule has 2 heterocycles. The molecule has 8 nitrogen and oxygen atoms in total. The molecular formula is C26H39BrN4O4Si. The second-order valence-corrected chi connectivity index (χ2v) is 17.4. The van der Waals surface area contributed by atoms with Crippen molar-refractivity contribution in [1.29, 1.82) is 0 Å². The number of methoxy groups -OCH3 is 1. The minimum absolute atomic E-state index is 0.0826. The van der Waals surface area contributed by atoms with E-state index in [4.69, 9.17) is 14.5 Å². The van der Waals surface area contributed by atoms with Gasteiger partial charge >= 0.3 is 6.09 Å². The monoisotopic (exact) mass is 578 g/mol. The van der Waals surface area contributed by atoms with Gasteiger partial charge < -0.3 is 24.3 Å². The molecule has 2 atom stereocenters. The van der Waals surface area contributed by atoms with Crippen molar-refractivity contribution in [2.75, 3.05) is 20.3 Å². The van der Waals surface area contributed by atoms with Crippen molar-refractivity contribution in [2.45, 2.75) is 71.2 Å². The van der Waals surface area contributed by atoms with Crippen molar-refractivity contribution < 1.29 is 19.1 Å². The molecule has 10 heteroatoms. The molecule has 0 aliphatic carbocycles. The molecular weight excluding hydrogens is 540 g/mol. The summed E-state index contributed by atoms with van der Waals surface area (Å²) < 4.78 is 14.0. The molecule has 0 bridgehead atoms. The largest absolute Gasteiger partial charge is 0.453 e. The van der Waals surface area contributed by atoms with Crippen LogP contribution in [0.2, 0.25) is 25.7 Å². The summed E-state index contributed by atoms with van der Waals surface area (Å²) in [5.41, 5.74) is 1.99. The van der Waals surface area contributed by atoms with Crippen LogP contribution >= 0.6 is 15.9 Å². The van der Waals surface area contributed by atoms with E-state index >= 15 is 0 Å². The number of benzene rings is 1. The highest BCUT2D eigenvalue weighted by atomic mass is 79.9. The number of likely N-dealkylation sites (tertiary alicyclic amines) is 1. The molecule has 2 amide bonds. The lowest BCUT2D eigenvalue weighted by atomic mass is 10.0. The van der Waals surface area contributed by atoms with Crippen LogP contribution in [-0.4, -0.2) is 60.8 Å². The molecule has 0 radical (unpaired) electrons. The van der Waals surface area contributed by atoms with Crippen molar-refractivity contribution in [3.05, 3.63) is 40.8 Å². The van der Waals surface area contributed by atoms with Crippen molar-refractivity contribution in [3.8, 4) is 11.3 Å². The van der Waals surface area contributed by atoms with Gasteiger partial charge in [-0.3, -0.25) is 4.79 Å². The van der Waals surface area contributed by atoms with E-state index < -0.39 is 20.2 Å². The second kappa shape index (κ2) is 12.4. The van der Waals surface area contributed by atoms with Gasteiger partial charge in [0.05, 0.1) is 25.0 Å². The van der Waals surface area contributed by atoms with E-state index in [2.05, 4.69) is 57.6 Å². The van der Waals surface area contributed by atoms with Gasteiger partial charge in [-0.1, -0.05) is 61.6 Å². The Kier molecular flexibility index (Phi) is 9.77. The number of carbonyl (C=O) groups excluding carboxylic acids is 2. The fraction of sp³-hybridized carbons (Fsp3) is 0.577. The van der Waals surface area contributed by atoms with E-state index in [-0.39, 0.29) is 17.9 Å². The van der Waals surface area contributed by atoms with Crippen LogP contribution in [0.4, 0.5) is 4.79 Å². The summed E-state index contributed by atoms with van der Waals surface area (Å²) >= 11 is 3.51. The molecule has 0 saturated carbocycles. The number of nitrogens with zero attached hydrogens (tertiary/aromatic N) is 3. The first-order valence-corrected chi connectivity index (χ1v) is 17.1. The van der Waals surface area contributed by atoms with Gasteiger partial charge in [0.15, 0.2) is 0 Å². The Morgan fingerprint density at radius 3 is 2.53 bits per heavy atom. The Bertz CT molecular complexity index is 1040. The van der Waals surface area contributed by atoms with Gasteiger partial charge in [0, 0.05) is 25.7 Å². The lowest BCUT2D eigenvalue weighted by molar-refractivity contribution is -0.135. The van der Waals surface area contributed by atoms with Crippen LogP contribution in [0.5, 0.6) is 0 Å². The fourth-order valence-corrected chi connectivity index (χ4v) is 5.37. The van der Waals surface area contributed by atoms with Crippen LogP contribution in [0.1, 0.15) is 38.6 Å². The third-order valence-electron chi connectivity index (χ3n) is 6.47. The Morgan fingerprint density at radius 2 is 1.92 bits per heavy atom. The number of rotatable bonds is 10. The summed E-state index contributed by atoms with van der Waals surface area (Å²) in [6, 6.07) is 8.34. The average molecular weight is 580 g/mol. The van der Waals surface area contributed by atoms with Gasteiger partial charge in [0.25, 0.3) is 0 Å². The lowest BCUT2D eigenvalue weighted by Crippen LogP contribution is -2.51. The first kappa shape index (κ1) is 28.4. The topological polar surface area (TPSA) is 85.7 Å². The molecule has 1 aliphatic heterocycles. The average Bonchev–Trinajstić information content (AvgIpc) is 3.46. The second-order valence-electron chi connectivity index (χ2n) is 10.8. The molecule has 1 saturated heterocycles. The summed E-state index contributed by atoms with van der Waals surface area (Å²) in [5.74, 6) is 0.616. The van der Waals surface area contributed by atoms with Crippen molar-refractivity contribution in [3.63, 3.8) is 0 Å².